The number of ether oxygens (including phenoxy) is 1. The molecule has 0 N–H and O–H groups in total. The Labute approximate surface area is 147 Å². The molecule has 0 aromatic heterocycles. The predicted molar refractivity (Wildman–Crippen MR) is 98.0 cm³/mol. The van der Waals surface area contributed by atoms with E-state index in [1.807, 2.05) is 12.1 Å². The topological polar surface area (TPSA) is 26.3 Å². The van der Waals surface area contributed by atoms with E-state index in [4.69, 9.17) is 4.74 Å². The SMILES string of the molecule is CCCC1CCC2C[C@H](C(=O)Oc3ccc(CC)cc3)CC[C@@H]2C1. The summed E-state index contributed by atoms with van der Waals surface area (Å²) in [4.78, 5) is 12.5. The van der Waals surface area contributed by atoms with Crippen molar-refractivity contribution in [3.63, 3.8) is 0 Å². The van der Waals surface area contributed by atoms with Gasteiger partial charge in [-0.3, -0.25) is 4.79 Å². The molecule has 24 heavy (non-hydrogen) atoms. The standard InChI is InChI=1S/C22H32O2/c1-3-5-17-6-9-19-15-20(11-10-18(19)14-17)22(23)24-21-12-7-16(4-2)8-13-21/h7-8,12-13,17-20H,3-6,9-11,14-15H2,1-2H3/t17?,18-,19?,20-/m1/s1. The largest absolute Gasteiger partial charge is 0.426 e. The first-order valence-electron chi connectivity index (χ1n) is 10.00. The third-order valence-corrected chi connectivity index (χ3v) is 6.30. The summed E-state index contributed by atoms with van der Waals surface area (Å²) in [5.41, 5.74) is 1.28. The second kappa shape index (κ2) is 8.18. The summed E-state index contributed by atoms with van der Waals surface area (Å²) in [7, 11) is 0. The zero-order valence-electron chi connectivity index (χ0n) is 15.3. The van der Waals surface area contributed by atoms with Gasteiger partial charge in [0.2, 0.25) is 0 Å². The molecule has 0 amide bonds. The van der Waals surface area contributed by atoms with Crippen molar-refractivity contribution in [2.75, 3.05) is 0 Å². The fraction of sp³-hybridized carbons (Fsp3) is 0.682. The van der Waals surface area contributed by atoms with Gasteiger partial charge in [-0.1, -0.05) is 45.2 Å². The molecule has 2 fully saturated rings. The first kappa shape index (κ1) is 17.5. The third kappa shape index (κ3) is 4.20. The smallest absolute Gasteiger partial charge is 0.314 e. The van der Waals surface area contributed by atoms with Gasteiger partial charge in [0.15, 0.2) is 0 Å². The minimum atomic E-state index is -0.00613. The van der Waals surface area contributed by atoms with Crippen LogP contribution < -0.4 is 4.74 Å². The predicted octanol–water partition coefficient (Wildman–Crippen LogP) is 5.79. The number of carbonyl (C=O) groups is 1. The quantitative estimate of drug-likeness (QED) is 0.505. The van der Waals surface area contributed by atoms with Crippen LogP contribution in [0.2, 0.25) is 0 Å². The molecular formula is C22H32O2. The summed E-state index contributed by atoms with van der Waals surface area (Å²) >= 11 is 0. The van der Waals surface area contributed by atoms with Gasteiger partial charge in [-0.05, 0) is 74.0 Å². The van der Waals surface area contributed by atoms with Gasteiger partial charge in [-0.25, -0.2) is 0 Å². The maximum atomic E-state index is 12.5. The Kier molecular flexibility index (Phi) is 5.97. The summed E-state index contributed by atoms with van der Waals surface area (Å²) in [6.07, 6.45) is 11.1. The van der Waals surface area contributed by atoms with Gasteiger partial charge in [-0.2, -0.15) is 0 Å². The molecule has 132 valence electrons. The first-order valence-corrected chi connectivity index (χ1v) is 10.00. The van der Waals surface area contributed by atoms with E-state index >= 15 is 0 Å². The van der Waals surface area contributed by atoms with Gasteiger partial charge >= 0.3 is 5.97 Å². The molecule has 2 aliphatic carbocycles. The van der Waals surface area contributed by atoms with Gasteiger partial charge in [0.25, 0.3) is 0 Å². The molecule has 2 heteroatoms. The zero-order valence-corrected chi connectivity index (χ0v) is 15.3. The van der Waals surface area contributed by atoms with Crippen LogP contribution in [0.4, 0.5) is 0 Å². The van der Waals surface area contributed by atoms with Gasteiger partial charge < -0.3 is 4.74 Å². The van der Waals surface area contributed by atoms with Crippen molar-refractivity contribution < 1.29 is 9.53 Å². The second-order valence-electron chi connectivity index (χ2n) is 7.92. The van der Waals surface area contributed by atoms with E-state index in [-0.39, 0.29) is 11.9 Å². The van der Waals surface area contributed by atoms with Gasteiger partial charge in [0.1, 0.15) is 5.75 Å². The van der Waals surface area contributed by atoms with Crippen molar-refractivity contribution in [1.82, 2.24) is 0 Å². The molecule has 0 spiro atoms. The van der Waals surface area contributed by atoms with Crippen LogP contribution in [0.15, 0.2) is 24.3 Å². The van der Waals surface area contributed by atoms with E-state index in [0.29, 0.717) is 5.75 Å². The molecule has 1 aromatic carbocycles. The van der Waals surface area contributed by atoms with Gasteiger partial charge in [-0.15, -0.1) is 0 Å². The number of aryl methyl sites for hydroxylation is 1. The monoisotopic (exact) mass is 328 g/mol. The third-order valence-electron chi connectivity index (χ3n) is 6.30. The average molecular weight is 328 g/mol. The minimum absolute atomic E-state index is 0.00613. The van der Waals surface area contributed by atoms with E-state index < -0.39 is 0 Å². The normalized spacial score (nSPS) is 29.8. The van der Waals surface area contributed by atoms with Crippen LogP contribution in [0.5, 0.6) is 5.75 Å². The molecule has 0 bridgehead atoms. The molecule has 2 saturated carbocycles. The molecule has 3 rings (SSSR count). The molecule has 0 saturated heterocycles. The Balaban J connectivity index is 1.52. The minimum Gasteiger partial charge on any atom is -0.426 e. The highest BCUT2D eigenvalue weighted by molar-refractivity contribution is 5.75. The summed E-state index contributed by atoms with van der Waals surface area (Å²) in [5, 5.41) is 0. The number of benzene rings is 1. The van der Waals surface area contributed by atoms with Crippen LogP contribution in [0.3, 0.4) is 0 Å². The lowest BCUT2D eigenvalue weighted by Gasteiger charge is -2.41. The van der Waals surface area contributed by atoms with Gasteiger partial charge in [0, 0.05) is 0 Å². The highest BCUT2D eigenvalue weighted by atomic mass is 16.5. The van der Waals surface area contributed by atoms with Crippen molar-refractivity contribution >= 4 is 5.97 Å². The zero-order chi connectivity index (χ0) is 16.9. The van der Waals surface area contributed by atoms with Crippen LogP contribution in [-0.4, -0.2) is 5.97 Å². The number of fused-ring (bicyclic) bond motifs is 1. The molecule has 0 radical (unpaired) electrons. The summed E-state index contributed by atoms with van der Waals surface area (Å²) < 4.78 is 5.65. The Morgan fingerprint density at radius 1 is 1.00 bits per heavy atom. The highest BCUT2D eigenvalue weighted by Gasteiger charge is 2.38. The number of hydrogen-bond donors (Lipinski definition) is 0. The molecule has 4 atom stereocenters. The van der Waals surface area contributed by atoms with Crippen LogP contribution in [0.1, 0.15) is 70.8 Å². The number of hydrogen-bond acceptors (Lipinski definition) is 2. The maximum absolute atomic E-state index is 12.5. The Morgan fingerprint density at radius 2 is 1.71 bits per heavy atom. The number of rotatable bonds is 5. The Hall–Kier alpha value is -1.31. The fourth-order valence-corrected chi connectivity index (χ4v) is 4.86. The van der Waals surface area contributed by atoms with Crippen molar-refractivity contribution in [2.24, 2.45) is 23.7 Å². The van der Waals surface area contributed by atoms with Crippen LogP contribution in [0, 0.1) is 23.7 Å². The highest BCUT2D eigenvalue weighted by Crippen LogP contribution is 2.45. The van der Waals surface area contributed by atoms with E-state index in [9.17, 15) is 4.79 Å². The molecule has 2 unspecified atom stereocenters. The Morgan fingerprint density at radius 3 is 2.42 bits per heavy atom. The van der Waals surface area contributed by atoms with E-state index in [2.05, 4.69) is 26.0 Å². The van der Waals surface area contributed by atoms with E-state index in [1.54, 1.807) is 0 Å². The summed E-state index contributed by atoms with van der Waals surface area (Å²) in [5.74, 6) is 3.37. The molecule has 1 aromatic rings. The van der Waals surface area contributed by atoms with Crippen molar-refractivity contribution in [3.8, 4) is 5.75 Å². The molecule has 2 aliphatic rings. The van der Waals surface area contributed by atoms with Crippen molar-refractivity contribution in [2.45, 2.75) is 71.6 Å². The lowest BCUT2D eigenvalue weighted by Crippen LogP contribution is -2.35. The lowest BCUT2D eigenvalue weighted by atomic mass is 9.64. The lowest BCUT2D eigenvalue weighted by molar-refractivity contribution is -0.141. The maximum Gasteiger partial charge on any atom is 0.314 e. The summed E-state index contributed by atoms with van der Waals surface area (Å²) in [6.45, 7) is 4.43. The van der Waals surface area contributed by atoms with Crippen LogP contribution in [0.25, 0.3) is 0 Å². The van der Waals surface area contributed by atoms with Crippen molar-refractivity contribution in [1.29, 1.82) is 0 Å². The number of carbonyl (C=O) groups excluding carboxylic acids is 1. The second-order valence-corrected chi connectivity index (χ2v) is 7.92. The number of esters is 1. The Bertz CT molecular complexity index is 533. The molecule has 2 nitrogen and oxygen atoms in total. The van der Waals surface area contributed by atoms with Gasteiger partial charge in [0.05, 0.1) is 5.92 Å². The molecule has 0 aliphatic heterocycles. The summed E-state index contributed by atoms with van der Waals surface area (Å²) in [6, 6.07) is 7.96. The van der Waals surface area contributed by atoms with Crippen LogP contribution >= 0.6 is 0 Å². The first-order chi connectivity index (χ1) is 11.7. The molecule has 0 heterocycles. The molecular weight excluding hydrogens is 296 g/mol. The average Bonchev–Trinajstić information content (AvgIpc) is 2.62. The van der Waals surface area contributed by atoms with E-state index in [0.717, 1.165) is 37.0 Å². The fourth-order valence-electron chi connectivity index (χ4n) is 4.86. The van der Waals surface area contributed by atoms with Crippen LogP contribution in [-0.2, 0) is 11.2 Å². The van der Waals surface area contributed by atoms with Crippen molar-refractivity contribution in [3.05, 3.63) is 29.8 Å². The van der Waals surface area contributed by atoms with E-state index in [1.165, 1.54) is 44.1 Å².